The van der Waals surface area contributed by atoms with Crippen LogP contribution in [0.3, 0.4) is 0 Å². The van der Waals surface area contributed by atoms with Gasteiger partial charge in [0, 0.05) is 30.6 Å². The van der Waals surface area contributed by atoms with Crippen LogP contribution in [0.2, 0.25) is 5.02 Å². The summed E-state index contributed by atoms with van der Waals surface area (Å²) in [6, 6.07) is 4.15. The minimum atomic E-state index is -0.378. The molecule has 2 nitrogen and oxygen atoms in total. The molecule has 0 saturated carbocycles. The monoisotopic (exact) mass is 256 g/mol. The van der Waals surface area contributed by atoms with Gasteiger partial charge in [-0.1, -0.05) is 17.7 Å². The zero-order chi connectivity index (χ0) is 12.3. The van der Waals surface area contributed by atoms with Gasteiger partial charge in [0.05, 0.1) is 0 Å². The molecule has 0 bridgehead atoms. The molecule has 0 spiro atoms. The highest BCUT2D eigenvalue weighted by Gasteiger charge is 2.22. The van der Waals surface area contributed by atoms with Gasteiger partial charge >= 0.3 is 0 Å². The fourth-order valence-electron chi connectivity index (χ4n) is 2.02. The van der Waals surface area contributed by atoms with E-state index in [1.54, 1.807) is 6.07 Å². The summed E-state index contributed by atoms with van der Waals surface area (Å²) in [7, 11) is 0. The molecule has 0 aliphatic carbocycles. The van der Waals surface area contributed by atoms with Crippen molar-refractivity contribution in [1.29, 1.82) is 0 Å². The van der Waals surface area contributed by atoms with Crippen LogP contribution < -0.4 is 0 Å². The molecule has 1 fully saturated rings. The first-order valence-corrected chi connectivity index (χ1v) is 6.09. The van der Waals surface area contributed by atoms with Gasteiger partial charge in [0.2, 0.25) is 0 Å². The first-order valence-electron chi connectivity index (χ1n) is 5.71. The molecule has 1 aromatic carbocycles. The SMILES string of the molecule is O=C(Cc1ccc(F)cc1Cl)C1CCOCC1. The van der Waals surface area contributed by atoms with Gasteiger partial charge in [-0.3, -0.25) is 4.79 Å². The second kappa shape index (κ2) is 5.61. The Morgan fingerprint density at radius 1 is 1.41 bits per heavy atom. The topological polar surface area (TPSA) is 26.3 Å². The molecule has 0 N–H and O–H groups in total. The number of hydrogen-bond acceptors (Lipinski definition) is 2. The molecule has 0 radical (unpaired) electrons. The average Bonchev–Trinajstić information content (AvgIpc) is 2.34. The van der Waals surface area contributed by atoms with Gasteiger partial charge in [0.25, 0.3) is 0 Å². The number of rotatable bonds is 3. The molecule has 4 heteroatoms. The van der Waals surface area contributed by atoms with Crippen molar-refractivity contribution in [2.24, 2.45) is 5.92 Å². The van der Waals surface area contributed by atoms with Crippen LogP contribution in [-0.2, 0) is 16.0 Å². The Bertz CT molecular complexity index is 414. The largest absolute Gasteiger partial charge is 0.381 e. The number of halogens is 2. The predicted octanol–water partition coefficient (Wildman–Crippen LogP) is 3.02. The van der Waals surface area contributed by atoms with Crippen LogP contribution in [0.5, 0.6) is 0 Å². The molecular formula is C13H14ClFO2. The van der Waals surface area contributed by atoms with Gasteiger partial charge in [0.1, 0.15) is 11.6 Å². The molecule has 1 saturated heterocycles. The van der Waals surface area contributed by atoms with Gasteiger partial charge in [-0.15, -0.1) is 0 Å². The minimum absolute atomic E-state index is 0.0601. The summed E-state index contributed by atoms with van der Waals surface area (Å²) in [5.41, 5.74) is 0.699. The summed E-state index contributed by atoms with van der Waals surface area (Å²) in [4.78, 5) is 12.0. The first kappa shape index (κ1) is 12.5. The molecule has 1 aliphatic heterocycles. The Hall–Kier alpha value is -0.930. The average molecular weight is 257 g/mol. The normalized spacial score (nSPS) is 17.1. The minimum Gasteiger partial charge on any atom is -0.381 e. The quantitative estimate of drug-likeness (QED) is 0.831. The number of carbonyl (C=O) groups excluding carboxylic acids is 1. The molecule has 0 unspecified atom stereocenters. The van der Waals surface area contributed by atoms with Crippen LogP contribution in [0, 0.1) is 11.7 Å². The van der Waals surface area contributed by atoms with Crippen molar-refractivity contribution in [3.8, 4) is 0 Å². The van der Waals surface area contributed by atoms with Crippen LogP contribution in [0.4, 0.5) is 4.39 Å². The number of benzene rings is 1. The smallest absolute Gasteiger partial charge is 0.140 e. The highest BCUT2D eigenvalue weighted by molar-refractivity contribution is 6.31. The molecule has 0 amide bonds. The van der Waals surface area contributed by atoms with Crippen molar-refractivity contribution in [3.05, 3.63) is 34.6 Å². The Morgan fingerprint density at radius 3 is 2.76 bits per heavy atom. The van der Waals surface area contributed by atoms with E-state index in [2.05, 4.69) is 0 Å². The fourth-order valence-corrected chi connectivity index (χ4v) is 2.25. The lowest BCUT2D eigenvalue weighted by atomic mass is 9.91. The van der Waals surface area contributed by atoms with Gasteiger partial charge in [-0.05, 0) is 30.5 Å². The number of carbonyl (C=O) groups is 1. The van der Waals surface area contributed by atoms with Crippen molar-refractivity contribution in [1.82, 2.24) is 0 Å². The summed E-state index contributed by atoms with van der Waals surface area (Å²) in [5, 5.41) is 0.324. The van der Waals surface area contributed by atoms with Crippen molar-refractivity contribution in [2.45, 2.75) is 19.3 Å². The highest BCUT2D eigenvalue weighted by Crippen LogP contribution is 2.22. The molecule has 0 atom stereocenters. The molecule has 1 aliphatic rings. The molecule has 92 valence electrons. The van der Waals surface area contributed by atoms with E-state index >= 15 is 0 Å². The Labute approximate surface area is 105 Å². The number of hydrogen-bond donors (Lipinski definition) is 0. The Kier molecular flexibility index (Phi) is 4.13. The van der Waals surface area contributed by atoms with Crippen molar-refractivity contribution < 1.29 is 13.9 Å². The standard InChI is InChI=1S/C13H14ClFO2/c14-12-8-11(15)2-1-10(12)7-13(16)9-3-5-17-6-4-9/h1-2,8-9H,3-7H2. The third-order valence-corrected chi connectivity index (χ3v) is 3.41. The van der Waals surface area contributed by atoms with E-state index in [9.17, 15) is 9.18 Å². The zero-order valence-electron chi connectivity index (χ0n) is 9.42. The summed E-state index contributed by atoms with van der Waals surface area (Å²) < 4.78 is 18.1. The van der Waals surface area contributed by atoms with Gasteiger partial charge < -0.3 is 4.74 Å². The summed E-state index contributed by atoms with van der Waals surface area (Å²) in [5.74, 6) is -0.149. The van der Waals surface area contributed by atoms with E-state index in [-0.39, 0.29) is 23.9 Å². The third-order valence-electron chi connectivity index (χ3n) is 3.06. The maximum Gasteiger partial charge on any atom is 0.140 e. The van der Waals surface area contributed by atoms with E-state index in [1.165, 1.54) is 12.1 Å². The van der Waals surface area contributed by atoms with Gasteiger partial charge in [-0.2, -0.15) is 0 Å². The van der Waals surface area contributed by atoms with Gasteiger partial charge in [0.15, 0.2) is 0 Å². The third kappa shape index (κ3) is 3.27. The van der Waals surface area contributed by atoms with Crippen LogP contribution in [0.1, 0.15) is 18.4 Å². The second-order valence-electron chi connectivity index (χ2n) is 4.27. The summed E-state index contributed by atoms with van der Waals surface area (Å²) >= 11 is 5.90. The molecule has 1 aromatic rings. The van der Waals surface area contributed by atoms with Crippen molar-refractivity contribution >= 4 is 17.4 Å². The van der Waals surface area contributed by atoms with E-state index in [1.807, 2.05) is 0 Å². The second-order valence-corrected chi connectivity index (χ2v) is 4.67. The van der Waals surface area contributed by atoms with Crippen LogP contribution in [0.25, 0.3) is 0 Å². The lowest BCUT2D eigenvalue weighted by Gasteiger charge is -2.20. The van der Waals surface area contributed by atoms with Crippen molar-refractivity contribution in [2.75, 3.05) is 13.2 Å². The number of ketones is 1. The van der Waals surface area contributed by atoms with Gasteiger partial charge in [-0.25, -0.2) is 4.39 Å². The van der Waals surface area contributed by atoms with E-state index in [0.717, 1.165) is 12.8 Å². The van der Waals surface area contributed by atoms with Crippen LogP contribution in [0.15, 0.2) is 18.2 Å². The lowest BCUT2D eigenvalue weighted by Crippen LogP contribution is -2.24. The van der Waals surface area contributed by atoms with E-state index < -0.39 is 0 Å². The van der Waals surface area contributed by atoms with Crippen LogP contribution in [-0.4, -0.2) is 19.0 Å². The Balaban J connectivity index is 2.02. The lowest BCUT2D eigenvalue weighted by molar-refractivity contribution is -0.125. The maximum atomic E-state index is 12.9. The van der Waals surface area contributed by atoms with E-state index in [4.69, 9.17) is 16.3 Å². The fraction of sp³-hybridized carbons (Fsp3) is 0.462. The number of ether oxygens (including phenoxy) is 1. The highest BCUT2D eigenvalue weighted by atomic mass is 35.5. The van der Waals surface area contributed by atoms with Crippen molar-refractivity contribution in [3.63, 3.8) is 0 Å². The molecular weight excluding hydrogens is 243 g/mol. The maximum absolute atomic E-state index is 12.9. The molecule has 1 heterocycles. The Morgan fingerprint density at radius 2 is 2.12 bits per heavy atom. The zero-order valence-corrected chi connectivity index (χ0v) is 10.2. The summed E-state index contributed by atoms with van der Waals surface area (Å²) in [6.07, 6.45) is 1.83. The summed E-state index contributed by atoms with van der Waals surface area (Å²) in [6.45, 7) is 1.29. The molecule has 2 rings (SSSR count). The molecule has 17 heavy (non-hydrogen) atoms. The number of Topliss-reactive ketones (excluding diaryl/α,β-unsaturated/α-hetero) is 1. The molecule has 0 aromatic heterocycles. The first-order chi connectivity index (χ1) is 8.16. The predicted molar refractivity (Wildman–Crippen MR) is 63.7 cm³/mol. The van der Waals surface area contributed by atoms with Crippen LogP contribution >= 0.6 is 11.6 Å². The van der Waals surface area contributed by atoms with E-state index in [0.29, 0.717) is 23.8 Å².